The molecule has 0 saturated heterocycles. The van der Waals surface area contributed by atoms with Crippen LogP contribution in [0.15, 0.2) is 18.2 Å². The van der Waals surface area contributed by atoms with Gasteiger partial charge in [0.25, 0.3) is 0 Å². The molecular weight excluding hydrogens is 187 g/mol. The monoisotopic (exact) mass is 196 g/mol. The van der Waals surface area contributed by atoms with Gasteiger partial charge in [0.05, 0.1) is 0 Å². The zero-order chi connectivity index (χ0) is 10.7. The lowest BCUT2D eigenvalue weighted by Crippen LogP contribution is -2.15. The predicted octanol–water partition coefficient (Wildman–Crippen LogP) is 1.33. The van der Waals surface area contributed by atoms with Gasteiger partial charge in [-0.1, -0.05) is 6.07 Å². The predicted molar refractivity (Wildman–Crippen MR) is 47.5 cm³/mol. The molecule has 1 aromatic carbocycles. The molecule has 0 bridgehead atoms. The molecule has 0 aliphatic rings. The largest absolute Gasteiger partial charge is 0.475 e. The molecule has 0 saturated carbocycles. The fraction of sp³-hybridized carbons (Fsp3) is 0.200. The topological polar surface area (TPSA) is 54.4 Å². The van der Waals surface area contributed by atoms with Crippen LogP contribution in [0.1, 0.15) is 11.1 Å². The van der Waals surface area contributed by atoms with Crippen molar-refractivity contribution in [3.63, 3.8) is 0 Å². The number of benzene rings is 1. The maximum Gasteiger partial charge on any atom is 0.372 e. The highest BCUT2D eigenvalue weighted by Gasteiger charge is 2.13. The highest BCUT2D eigenvalue weighted by molar-refractivity contribution is 6.33. The number of aryl methyl sites for hydroxylation is 1. The van der Waals surface area contributed by atoms with Gasteiger partial charge in [-0.2, -0.15) is 0 Å². The third-order valence-electron chi connectivity index (χ3n) is 1.90. The van der Waals surface area contributed by atoms with Crippen LogP contribution in [0.4, 0.5) is 4.39 Å². The van der Waals surface area contributed by atoms with E-state index in [1.54, 1.807) is 6.92 Å². The summed E-state index contributed by atoms with van der Waals surface area (Å²) in [6.45, 7) is 1.70. The molecule has 0 heterocycles. The zero-order valence-corrected chi connectivity index (χ0v) is 7.58. The molecule has 0 aliphatic carbocycles. The molecule has 0 aliphatic heterocycles. The number of carbonyl (C=O) groups excluding carboxylic acids is 1. The summed E-state index contributed by atoms with van der Waals surface area (Å²) in [6.07, 6.45) is -0.265. The van der Waals surface area contributed by atoms with E-state index < -0.39 is 17.6 Å². The van der Waals surface area contributed by atoms with Gasteiger partial charge in [0.2, 0.25) is 5.78 Å². The highest BCUT2D eigenvalue weighted by Crippen LogP contribution is 2.11. The second kappa shape index (κ2) is 4.00. The second-order valence-corrected chi connectivity index (χ2v) is 2.98. The molecule has 4 heteroatoms. The average molecular weight is 196 g/mol. The first-order chi connectivity index (χ1) is 6.50. The van der Waals surface area contributed by atoms with Gasteiger partial charge in [0.1, 0.15) is 5.82 Å². The van der Waals surface area contributed by atoms with E-state index in [1.165, 1.54) is 18.2 Å². The molecular formula is C10H9FO3. The van der Waals surface area contributed by atoms with Crippen molar-refractivity contribution in [1.82, 2.24) is 0 Å². The van der Waals surface area contributed by atoms with Crippen molar-refractivity contribution in [2.45, 2.75) is 13.3 Å². The van der Waals surface area contributed by atoms with Gasteiger partial charge >= 0.3 is 5.97 Å². The van der Waals surface area contributed by atoms with Crippen LogP contribution in [0.2, 0.25) is 0 Å². The van der Waals surface area contributed by atoms with Crippen molar-refractivity contribution in [3.8, 4) is 0 Å². The number of hydrogen-bond acceptors (Lipinski definition) is 2. The lowest BCUT2D eigenvalue weighted by molar-refractivity contribution is -0.148. The quantitative estimate of drug-likeness (QED) is 0.742. The van der Waals surface area contributed by atoms with Crippen LogP contribution < -0.4 is 0 Å². The highest BCUT2D eigenvalue weighted by atomic mass is 19.1. The molecule has 1 rings (SSSR count). The minimum Gasteiger partial charge on any atom is -0.475 e. The minimum absolute atomic E-state index is 0.265. The maximum absolute atomic E-state index is 12.7. The lowest BCUT2D eigenvalue weighted by Gasteiger charge is -2.02. The molecule has 0 aromatic heterocycles. The summed E-state index contributed by atoms with van der Waals surface area (Å²) in [5.74, 6) is -2.89. The molecule has 0 unspecified atom stereocenters. The van der Waals surface area contributed by atoms with E-state index in [9.17, 15) is 14.0 Å². The van der Waals surface area contributed by atoms with Crippen LogP contribution >= 0.6 is 0 Å². The SMILES string of the molecule is Cc1ccc(F)cc1CC(=O)C(=O)O. The Kier molecular flexibility index (Phi) is 2.96. The van der Waals surface area contributed by atoms with E-state index >= 15 is 0 Å². The molecule has 0 fully saturated rings. The fourth-order valence-electron chi connectivity index (χ4n) is 1.08. The van der Waals surface area contributed by atoms with Crippen molar-refractivity contribution in [2.75, 3.05) is 0 Å². The van der Waals surface area contributed by atoms with Gasteiger partial charge in [0, 0.05) is 6.42 Å². The first-order valence-electron chi connectivity index (χ1n) is 4.02. The van der Waals surface area contributed by atoms with E-state index in [1.807, 2.05) is 0 Å². The molecule has 3 nitrogen and oxygen atoms in total. The Morgan fingerprint density at radius 1 is 1.43 bits per heavy atom. The number of carbonyl (C=O) groups is 2. The average Bonchev–Trinajstić information content (AvgIpc) is 2.11. The molecule has 0 amide bonds. The third kappa shape index (κ3) is 2.39. The van der Waals surface area contributed by atoms with Gasteiger partial charge in [-0.25, -0.2) is 9.18 Å². The summed E-state index contributed by atoms with van der Waals surface area (Å²) in [5, 5.41) is 8.36. The van der Waals surface area contributed by atoms with Crippen LogP contribution in [0.25, 0.3) is 0 Å². The van der Waals surface area contributed by atoms with Crippen molar-refractivity contribution in [3.05, 3.63) is 35.1 Å². The van der Waals surface area contributed by atoms with E-state index in [-0.39, 0.29) is 6.42 Å². The number of aliphatic carboxylic acids is 1. The molecule has 14 heavy (non-hydrogen) atoms. The Hall–Kier alpha value is -1.71. The standard InChI is InChI=1S/C10H9FO3/c1-6-2-3-8(11)4-7(6)5-9(12)10(13)14/h2-4H,5H2,1H3,(H,13,14). The Morgan fingerprint density at radius 2 is 2.07 bits per heavy atom. The van der Waals surface area contributed by atoms with E-state index in [0.29, 0.717) is 11.1 Å². The molecule has 1 aromatic rings. The van der Waals surface area contributed by atoms with Crippen LogP contribution in [0.5, 0.6) is 0 Å². The number of carboxylic acid groups (broad SMARTS) is 1. The Labute approximate surface area is 80.2 Å². The van der Waals surface area contributed by atoms with Gasteiger partial charge in [-0.15, -0.1) is 0 Å². The maximum atomic E-state index is 12.7. The molecule has 0 spiro atoms. The Morgan fingerprint density at radius 3 is 2.64 bits per heavy atom. The number of ketones is 1. The van der Waals surface area contributed by atoms with Crippen molar-refractivity contribution in [1.29, 1.82) is 0 Å². The minimum atomic E-state index is -1.49. The summed E-state index contributed by atoms with van der Waals surface area (Å²) in [4.78, 5) is 21.1. The van der Waals surface area contributed by atoms with Gasteiger partial charge in [0.15, 0.2) is 0 Å². The van der Waals surface area contributed by atoms with Crippen molar-refractivity contribution in [2.24, 2.45) is 0 Å². The summed E-state index contributed by atoms with van der Waals surface area (Å²) in [7, 11) is 0. The summed E-state index contributed by atoms with van der Waals surface area (Å²) in [5.41, 5.74) is 1.12. The molecule has 0 atom stereocenters. The number of Topliss-reactive ketones (excluding diaryl/α,β-unsaturated/α-hetero) is 1. The Balaban J connectivity index is 2.91. The number of carboxylic acids is 1. The van der Waals surface area contributed by atoms with Crippen LogP contribution in [0.3, 0.4) is 0 Å². The zero-order valence-electron chi connectivity index (χ0n) is 7.58. The third-order valence-corrected chi connectivity index (χ3v) is 1.90. The summed E-state index contributed by atoms with van der Waals surface area (Å²) >= 11 is 0. The Bertz CT molecular complexity index is 385. The van der Waals surface area contributed by atoms with Crippen molar-refractivity contribution >= 4 is 11.8 Å². The molecule has 74 valence electrons. The number of rotatable bonds is 3. The van der Waals surface area contributed by atoms with E-state index in [0.717, 1.165) is 0 Å². The first-order valence-corrected chi connectivity index (χ1v) is 4.02. The van der Waals surface area contributed by atoms with Crippen LogP contribution in [-0.2, 0) is 16.0 Å². The smallest absolute Gasteiger partial charge is 0.372 e. The van der Waals surface area contributed by atoms with Gasteiger partial charge in [-0.3, -0.25) is 4.79 Å². The molecule has 0 radical (unpaired) electrons. The van der Waals surface area contributed by atoms with E-state index in [2.05, 4.69) is 0 Å². The lowest BCUT2D eigenvalue weighted by atomic mass is 10.0. The van der Waals surface area contributed by atoms with Gasteiger partial charge < -0.3 is 5.11 Å². The number of hydrogen-bond donors (Lipinski definition) is 1. The summed E-state index contributed by atoms with van der Waals surface area (Å²) in [6, 6.07) is 3.96. The first kappa shape index (κ1) is 10.4. The number of halogens is 1. The van der Waals surface area contributed by atoms with E-state index in [4.69, 9.17) is 5.11 Å². The fourth-order valence-corrected chi connectivity index (χ4v) is 1.08. The summed E-state index contributed by atoms with van der Waals surface area (Å²) < 4.78 is 12.7. The second-order valence-electron chi connectivity index (χ2n) is 2.98. The van der Waals surface area contributed by atoms with Crippen LogP contribution in [-0.4, -0.2) is 16.9 Å². The molecule has 1 N–H and O–H groups in total. The normalized spacial score (nSPS) is 9.86. The van der Waals surface area contributed by atoms with Gasteiger partial charge in [-0.05, 0) is 30.2 Å². The van der Waals surface area contributed by atoms with Crippen LogP contribution in [0, 0.1) is 12.7 Å². The van der Waals surface area contributed by atoms with Crippen molar-refractivity contribution < 1.29 is 19.1 Å².